The van der Waals surface area contributed by atoms with E-state index >= 15 is 0 Å². The van der Waals surface area contributed by atoms with Gasteiger partial charge in [-0.2, -0.15) is 5.10 Å². The van der Waals surface area contributed by atoms with Gasteiger partial charge in [-0.15, -0.1) is 0 Å². The van der Waals surface area contributed by atoms with Crippen LogP contribution < -0.4 is 5.32 Å². The Labute approximate surface area is 97.0 Å². The number of aryl methyl sites for hydroxylation is 1. The number of H-pyrrole nitrogens is 1. The normalized spacial score (nSPS) is 10.2. The Morgan fingerprint density at radius 1 is 1.53 bits per heavy atom. The maximum absolute atomic E-state index is 10.6. The Balaban J connectivity index is 2.14. The fourth-order valence-electron chi connectivity index (χ4n) is 1.41. The third-order valence-corrected chi connectivity index (χ3v) is 2.34. The van der Waals surface area contributed by atoms with Crippen molar-refractivity contribution in [2.75, 3.05) is 5.32 Å². The summed E-state index contributed by atoms with van der Waals surface area (Å²) in [4.78, 5) is 14.2. The summed E-state index contributed by atoms with van der Waals surface area (Å²) in [6.45, 7) is 2.33. The molecule has 0 amide bonds. The zero-order valence-electron chi connectivity index (χ0n) is 9.17. The van der Waals surface area contributed by atoms with Crippen molar-refractivity contribution in [3.63, 3.8) is 0 Å². The molecule has 0 bridgehead atoms. The minimum atomic E-state index is -0.418. The van der Waals surface area contributed by atoms with Gasteiger partial charge in [0.15, 0.2) is 0 Å². The third-order valence-electron chi connectivity index (χ3n) is 2.34. The molecule has 0 aliphatic rings. The zero-order valence-corrected chi connectivity index (χ0v) is 9.17. The second-order valence-electron chi connectivity index (χ2n) is 3.54. The molecule has 0 fully saturated rings. The van der Waals surface area contributed by atoms with Gasteiger partial charge in [0.1, 0.15) is 12.2 Å². The summed E-state index contributed by atoms with van der Waals surface area (Å²) in [5.74, 6) is 0.677. The molecule has 0 saturated heterocycles. The van der Waals surface area contributed by atoms with Crippen molar-refractivity contribution < 1.29 is 4.92 Å². The van der Waals surface area contributed by atoms with Gasteiger partial charge in [-0.25, -0.2) is 4.98 Å². The minimum absolute atomic E-state index is 0.0654. The number of hydrogen-bond acceptors (Lipinski definition) is 5. The van der Waals surface area contributed by atoms with Crippen molar-refractivity contribution in [2.24, 2.45) is 0 Å². The summed E-state index contributed by atoms with van der Waals surface area (Å²) in [5, 5.41) is 20.1. The van der Waals surface area contributed by atoms with Gasteiger partial charge in [-0.1, -0.05) is 6.07 Å². The minimum Gasteiger partial charge on any atom is -0.377 e. The highest BCUT2D eigenvalue weighted by atomic mass is 16.6. The van der Waals surface area contributed by atoms with Crippen molar-refractivity contribution in [3.8, 4) is 0 Å². The van der Waals surface area contributed by atoms with E-state index in [1.807, 2.05) is 6.92 Å². The standard InChI is InChI=1S/C10H11N5O2/c1-7-2-3-8(15(16)17)4-9(7)11-5-10-12-6-13-14-10/h2-4,6,11H,5H2,1H3,(H,12,13,14). The van der Waals surface area contributed by atoms with E-state index < -0.39 is 4.92 Å². The van der Waals surface area contributed by atoms with Gasteiger partial charge >= 0.3 is 0 Å². The predicted octanol–water partition coefficient (Wildman–Crippen LogP) is 1.63. The number of nitrogens with zero attached hydrogens (tertiary/aromatic N) is 3. The molecule has 0 radical (unpaired) electrons. The van der Waals surface area contributed by atoms with Crippen molar-refractivity contribution in [3.05, 3.63) is 46.0 Å². The molecule has 7 nitrogen and oxygen atoms in total. The zero-order chi connectivity index (χ0) is 12.3. The smallest absolute Gasteiger partial charge is 0.271 e. The summed E-state index contributed by atoms with van der Waals surface area (Å²) >= 11 is 0. The van der Waals surface area contributed by atoms with Gasteiger partial charge < -0.3 is 5.32 Å². The van der Waals surface area contributed by atoms with E-state index in [4.69, 9.17) is 0 Å². The molecule has 0 aliphatic heterocycles. The lowest BCUT2D eigenvalue weighted by Gasteiger charge is -2.07. The molecule has 2 aromatic rings. The van der Waals surface area contributed by atoms with Crippen LogP contribution in [0.5, 0.6) is 0 Å². The van der Waals surface area contributed by atoms with Crippen LogP contribution in [0.3, 0.4) is 0 Å². The molecular formula is C10H11N5O2. The van der Waals surface area contributed by atoms with Crippen molar-refractivity contribution in [1.29, 1.82) is 0 Å². The maximum Gasteiger partial charge on any atom is 0.271 e. The van der Waals surface area contributed by atoms with E-state index in [9.17, 15) is 10.1 Å². The molecule has 17 heavy (non-hydrogen) atoms. The molecule has 7 heteroatoms. The van der Waals surface area contributed by atoms with Gasteiger partial charge in [-0.3, -0.25) is 15.2 Å². The highest BCUT2D eigenvalue weighted by Gasteiger charge is 2.08. The quantitative estimate of drug-likeness (QED) is 0.618. The monoisotopic (exact) mass is 233 g/mol. The first-order valence-electron chi connectivity index (χ1n) is 5.00. The molecule has 0 aliphatic carbocycles. The van der Waals surface area contributed by atoms with Gasteiger partial charge in [-0.05, 0) is 12.5 Å². The number of anilines is 1. The largest absolute Gasteiger partial charge is 0.377 e. The number of benzene rings is 1. The lowest BCUT2D eigenvalue weighted by molar-refractivity contribution is -0.384. The Kier molecular flexibility index (Phi) is 2.99. The summed E-state index contributed by atoms with van der Waals surface area (Å²) in [6, 6.07) is 4.70. The van der Waals surface area contributed by atoms with Crippen LogP contribution in [0.2, 0.25) is 0 Å². The van der Waals surface area contributed by atoms with Crippen LogP contribution in [0.15, 0.2) is 24.5 Å². The van der Waals surface area contributed by atoms with E-state index in [0.29, 0.717) is 12.4 Å². The number of nitro groups is 1. The highest BCUT2D eigenvalue weighted by Crippen LogP contribution is 2.21. The van der Waals surface area contributed by atoms with E-state index in [1.165, 1.54) is 18.5 Å². The summed E-state index contributed by atoms with van der Waals surface area (Å²) in [7, 11) is 0. The predicted molar refractivity (Wildman–Crippen MR) is 61.5 cm³/mol. The molecule has 0 spiro atoms. The average molecular weight is 233 g/mol. The van der Waals surface area contributed by atoms with Crippen molar-refractivity contribution >= 4 is 11.4 Å². The second kappa shape index (κ2) is 4.60. The Hall–Kier alpha value is -2.44. The molecular weight excluding hydrogens is 222 g/mol. The topological polar surface area (TPSA) is 96.7 Å². The fraction of sp³-hybridized carbons (Fsp3) is 0.200. The first-order valence-corrected chi connectivity index (χ1v) is 5.00. The molecule has 0 atom stereocenters. The summed E-state index contributed by atoms with van der Waals surface area (Å²) in [5.41, 5.74) is 1.72. The molecule has 1 aromatic heterocycles. The fourth-order valence-corrected chi connectivity index (χ4v) is 1.41. The number of non-ortho nitro benzene ring substituents is 1. The number of aromatic amines is 1. The average Bonchev–Trinajstić information content (AvgIpc) is 2.80. The first kappa shape index (κ1) is 11.1. The molecule has 2 rings (SSSR count). The van der Waals surface area contributed by atoms with E-state index in [-0.39, 0.29) is 5.69 Å². The van der Waals surface area contributed by atoms with Crippen LogP contribution >= 0.6 is 0 Å². The van der Waals surface area contributed by atoms with Crippen LogP contribution in [0, 0.1) is 17.0 Å². The second-order valence-corrected chi connectivity index (χ2v) is 3.54. The van der Waals surface area contributed by atoms with Crippen LogP contribution in [-0.2, 0) is 6.54 Å². The first-order chi connectivity index (χ1) is 8.16. The number of rotatable bonds is 4. The Morgan fingerprint density at radius 3 is 3.00 bits per heavy atom. The molecule has 1 aromatic carbocycles. The lowest BCUT2D eigenvalue weighted by Crippen LogP contribution is -2.03. The molecule has 0 unspecified atom stereocenters. The van der Waals surface area contributed by atoms with Crippen molar-refractivity contribution in [1.82, 2.24) is 15.2 Å². The Bertz CT molecular complexity index is 523. The molecule has 1 heterocycles. The number of nitrogens with one attached hydrogen (secondary N) is 2. The third kappa shape index (κ3) is 2.57. The number of hydrogen-bond donors (Lipinski definition) is 2. The summed E-state index contributed by atoms with van der Waals surface area (Å²) < 4.78 is 0. The van der Waals surface area contributed by atoms with Gasteiger partial charge in [0.05, 0.1) is 11.5 Å². The molecule has 0 saturated carbocycles. The summed E-state index contributed by atoms with van der Waals surface area (Å²) in [6.07, 6.45) is 1.41. The lowest BCUT2D eigenvalue weighted by atomic mass is 10.2. The maximum atomic E-state index is 10.6. The van der Waals surface area contributed by atoms with Crippen LogP contribution in [0.1, 0.15) is 11.4 Å². The Morgan fingerprint density at radius 2 is 2.35 bits per heavy atom. The van der Waals surface area contributed by atoms with E-state index in [0.717, 1.165) is 11.3 Å². The van der Waals surface area contributed by atoms with Gasteiger partial charge in [0, 0.05) is 17.8 Å². The SMILES string of the molecule is Cc1ccc([N+](=O)[O-])cc1NCc1ncn[nH]1. The van der Waals surface area contributed by atoms with Crippen LogP contribution in [0.4, 0.5) is 11.4 Å². The van der Waals surface area contributed by atoms with Crippen LogP contribution in [0.25, 0.3) is 0 Å². The number of aromatic nitrogens is 3. The van der Waals surface area contributed by atoms with Gasteiger partial charge in [0.2, 0.25) is 0 Å². The van der Waals surface area contributed by atoms with Crippen molar-refractivity contribution in [2.45, 2.75) is 13.5 Å². The molecule has 2 N–H and O–H groups in total. The van der Waals surface area contributed by atoms with Crippen LogP contribution in [-0.4, -0.2) is 20.1 Å². The van der Waals surface area contributed by atoms with Gasteiger partial charge in [0.25, 0.3) is 5.69 Å². The number of nitro benzene ring substituents is 1. The van der Waals surface area contributed by atoms with E-state index in [2.05, 4.69) is 20.5 Å². The van der Waals surface area contributed by atoms with E-state index in [1.54, 1.807) is 6.07 Å². The molecule has 88 valence electrons. The highest BCUT2D eigenvalue weighted by molar-refractivity contribution is 5.56.